The quantitative estimate of drug-likeness (QED) is 0.280. The van der Waals surface area contributed by atoms with Crippen molar-refractivity contribution in [2.24, 2.45) is 0 Å². The first-order chi connectivity index (χ1) is 15.9. The number of halogens is 4. The van der Waals surface area contributed by atoms with E-state index in [2.05, 4.69) is 9.97 Å². The molecule has 0 saturated heterocycles. The number of benzene rings is 3. The van der Waals surface area contributed by atoms with E-state index in [0.717, 1.165) is 23.1 Å². The van der Waals surface area contributed by atoms with E-state index < -0.39 is 18.7 Å². The number of nitrogens with zero attached hydrogens (tertiary/aromatic N) is 2. The van der Waals surface area contributed by atoms with Crippen LogP contribution in [-0.2, 0) is 10.8 Å². The maximum Gasteiger partial charge on any atom is 0.426 e. The number of hydrogen-bond acceptors (Lipinski definition) is 3. The lowest BCUT2D eigenvalue weighted by Crippen LogP contribution is -2.44. The van der Waals surface area contributed by atoms with Gasteiger partial charge in [-0.3, -0.25) is 4.98 Å². The first-order valence-corrected chi connectivity index (χ1v) is 10.4. The molecule has 1 heterocycles. The molecule has 0 amide bonds. The Morgan fingerprint density at radius 3 is 1.85 bits per heavy atom. The number of hydrogen-bond donors (Lipinski definition) is 0. The van der Waals surface area contributed by atoms with Gasteiger partial charge in [0, 0.05) is 24.0 Å². The SMILES string of the molecule is FC(F)(F)c1ccc(/C(=C/c2nccnc2Cl)OB(c2ccccc2)c2ccccc2)cc1. The van der Waals surface area contributed by atoms with Gasteiger partial charge in [-0.25, -0.2) is 4.98 Å². The molecule has 0 N–H and O–H groups in total. The van der Waals surface area contributed by atoms with Crippen LogP contribution in [0.15, 0.2) is 97.3 Å². The van der Waals surface area contributed by atoms with Crippen molar-refractivity contribution >= 4 is 41.3 Å². The van der Waals surface area contributed by atoms with Gasteiger partial charge in [-0.1, -0.05) is 84.4 Å². The lowest BCUT2D eigenvalue weighted by molar-refractivity contribution is -0.137. The predicted molar refractivity (Wildman–Crippen MR) is 125 cm³/mol. The highest BCUT2D eigenvalue weighted by atomic mass is 35.5. The molecule has 4 aromatic rings. The summed E-state index contributed by atoms with van der Waals surface area (Å²) in [6.45, 7) is -0.517. The molecule has 3 aromatic carbocycles. The van der Waals surface area contributed by atoms with Crippen molar-refractivity contribution in [2.45, 2.75) is 6.18 Å². The molecule has 1 aromatic heterocycles. The summed E-state index contributed by atoms with van der Waals surface area (Å²) in [6.07, 6.45) is 0.0773. The maximum atomic E-state index is 13.1. The molecule has 0 radical (unpaired) electrons. The molecule has 0 aliphatic carbocycles. The number of rotatable bonds is 6. The average molecular weight is 465 g/mol. The van der Waals surface area contributed by atoms with E-state index in [9.17, 15) is 13.2 Å². The van der Waals surface area contributed by atoms with Gasteiger partial charge in [-0.15, -0.1) is 0 Å². The van der Waals surface area contributed by atoms with Crippen LogP contribution in [0.4, 0.5) is 13.2 Å². The summed E-state index contributed by atoms with van der Waals surface area (Å²) in [7, 11) is 0. The van der Waals surface area contributed by atoms with Gasteiger partial charge >= 0.3 is 13.1 Å². The third-order valence-electron chi connectivity index (χ3n) is 4.89. The van der Waals surface area contributed by atoms with Crippen molar-refractivity contribution in [3.8, 4) is 0 Å². The first kappa shape index (κ1) is 22.6. The second-order valence-corrected chi connectivity index (χ2v) is 7.49. The second-order valence-electron chi connectivity index (χ2n) is 7.14. The van der Waals surface area contributed by atoms with Crippen LogP contribution in [0.25, 0.3) is 11.8 Å². The molecule has 0 atom stereocenters. The maximum absolute atomic E-state index is 13.1. The fourth-order valence-corrected chi connectivity index (χ4v) is 3.43. The summed E-state index contributed by atoms with van der Waals surface area (Å²) in [5.74, 6) is 0.309. The smallest absolute Gasteiger partial charge is 0.426 e. The highest BCUT2D eigenvalue weighted by Gasteiger charge is 2.30. The minimum Gasteiger partial charge on any atom is -0.551 e. The fourth-order valence-electron chi connectivity index (χ4n) is 3.27. The molecule has 8 heteroatoms. The first-order valence-electron chi connectivity index (χ1n) is 10.0. The Bertz CT molecular complexity index is 1190. The van der Waals surface area contributed by atoms with Crippen molar-refractivity contribution in [1.82, 2.24) is 9.97 Å². The van der Waals surface area contributed by atoms with Crippen LogP contribution in [0.5, 0.6) is 0 Å². The summed E-state index contributed by atoms with van der Waals surface area (Å²) >= 11 is 6.19. The van der Waals surface area contributed by atoms with Gasteiger partial charge in [0.2, 0.25) is 0 Å². The van der Waals surface area contributed by atoms with E-state index in [1.54, 1.807) is 6.08 Å². The zero-order chi connectivity index (χ0) is 23.3. The Morgan fingerprint density at radius 1 is 0.788 bits per heavy atom. The van der Waals surface area contributed by atoms with Gasteiger partial charge in [0.1, 0.15) is 11.5 Å². The summed E-state index contributed by atoms with van der Waals surface area (Å²) in [4.78, 5) is 8.24. The minimum atomic E-state index is -4.44. The van der Waals surface area contributed by atoms with E-state index in [-0.39, 0.29) is 5.15 Å². The zero-order valence-corrected chi connectivity index (χ0v) is 18.0. The van der Waals surface area contributed by atoms with E-state index in [1.165, 1.54) is 24.5 Å². The van der Waals surface area contributed by atoms with Crippen molar-refractivity contribution in [3.63, 3.8) is 0 Å². The molecule has 164 valence electrons. The number of alkyl halides is 3. The zero-order valence-electron chi connectivity index (χ0n) is 17.2. The Labute approximate surface area is 194 Å². The van der Waals surface area contributed by atoms with Crippen molar-refractivity contribution < 1.29 is 17.8 Å². The lowest BCUT2D eigenvalue weighted by Gasteiger charge is -2.20. The molecule has 0 fully saturated rings. The summed E-state index contributed by atoms with van der Waals surface area (Å²) in [5.41, 5.74) is 1.81. The molecular formula is C25H17BClF3N2O. The molecule has 0 bridgehead atoms. The van der Waals surface area contributed by atoms with Crippen LogP contribution in [0.1, 0.15) is 16.8 Å². The molecule has 0 aliphatic heterocycles. The topological polar surface area (TPSA) is 35.0 Å². The highest BCUT2D eigenvalue weighted by molar-refractivity contribution is 6.80. The van der Waals surface area contributed by atoms with Crippen LogP contribution in [-0.4, -0.2) is 16.9 Å². The molecule has 4 rings (SSSR count). The van der Waals surface area contributed by atoms with Gasteiger partial charge in [-0.05, 0) is 23.1 Å². The normalized spacial score (nSPS) is 11.8. The summed E-state index contributed by atoms with van der Waals surface area (Å²) in [6, 6.07) is 23.9. The van der Waals surface area contributed by atoms with Gasteiger partial charge in [-0.2, -0.15) is 13.2 Å². The number of aromatic nitrogens is 2. The minimum absolute atomic E-state index is 0.154. The Balaban J connectivity index is 1.81. The summed E-state index contributed by atoms with van der Waals surface area (Å²) < 4.78 is 45.7. The van der Waals surface area contributed by atoms with Crippen LogP contribution in [0.2, 0.25) is 5.15 Å². The second kappa shape index (κ2) is 9.92. The molecule has 33 heavy (non-hydrogen) atoms. The Kier molecular flexibility index (Phi) is 6.80. The van der Waals surface area contributed by atoms with Crippen molar-refractivity contribution in [1.29, 1.82) is 0 Å². The van der Waals surface area contributed by atoms with Crippen LogP contribution < -0.4 is 10.9 Å². The van der Waals surface area contributed by atoms with Crippen molar-refractivity contribution in [3.05, 3.63) is 119 Å². The van der Waals surface area contributed by atoms with E-state index in [0.29, 0.717) is 17.0 Å². The van der Waals surface area contributed by atoms with Gasteiger partial charge in [0.25, 0.3) is 0 Å². The van der Waals surface area contributed by atoms with Crippen molar-refractivity contribution in [2.75, 3.05) is 0 Å². The summed E-state index contributed by atoms with van der Waals surface area (Å²) in [5, 5.41) is 0.154. The molecule has 0 spiro atoms. The molecule has 3 nitrogen and oxygen atoms in total. The molecule has 0 aliphatic rings. The lowest BCUT2D eigenvalue weighted by atomic mass is 9.55. The fraction of sp³-hybridized carbons (Fsp3) is 0.0400. The van der Waals surface area contributed by atoms with Crippen LogP contribution in [0, 0.1) is 0 Å². The molecular weight excluding hydrogens is 448 g/mol. The largest absolute Gasteiger partial charge is 0.551 e. The van der Waals surface area contributed by atoms with E-state index in [1.807, 2.05) is 60.7 Å². The van der Waals surface area contributed by atoms with Crippen LogP contribution >= 0.6 is 11.6 Å². The van der Waals surface area contributed by atoms with Crippen LogP contribution in [0.3, 0.4) is 0 Å². The third-order valence-corrected chi connectivity index (χ3v) is 5.18. The Hall–Kier alpha value is -3.58. The molecule has 0 unspecified atom stereocenters. The Morgan fingerprint density at radius 2 is 1.33 bits per heavy atom. The van der Waals surface area contributed by atoms with E-state index in [4.69, 9.17) is 16.3 Å². The predicted octanol–water partition coefficient (Wildman–Crippen LogP) is 5.47. The van der Waals surface area contributed by atoms with E-state index >= 15 is 0 Å². The van der Waals surface area contributed by atoms with Gasteiger partial charge in [0.15, 0.2) is 5.15 Å². The highest BCUT2D eigenvalue weighted by Crippen LogP contribution is 2.31. The standard InChI is InChI=1S/C25H17BClF3N2O/c27-24-22(31-15-16-32-24)17-23(18-11-13-19(14-12-18)25(28,29)30)33-26(20-7-3-1-4-8-20)21-9-5-2-6-10-21/h1-17H/b23-17-. The van der Waals surface area contributed by atoms with Gasteiger partial charge in [0.05, 0.1) is 5.56 Å². The molecule has 0 saturated carbocycles. The average Bonchev–Trinajstić information content (AvgIpc) is 2.83. The monoisotopic (exact) mass is 464 g/mol. The third kappa shape index (κ3) is 5.62. The van der Waals surface area contributed by atoms with Gasteiger partial charge < -0.3 is 4.65 Å².